The largest absolute Gasteiger partial charge is 0.480 e. The van der Waals surface area contributed by atoms with Crippen LogP contribution in [0.1, 0.15) is 36.7 Å². The van der Waals surface area contributed by atoms with Crippen molar-refractivity contribution in [3.63, 3.8) is 0 Å². The standard InChI is InChI=1S/C15H22N2O5S/c1-5-16-23(21,22)11-7-6-10(4)12(8-11)14(18)17-13(9(2)3)15(19)20/h6-9,13,16H,5H2,1-4H3,(H,17,18)(H,19,20)/t13-/m1/s1. The first-order chi connectivity index (χ1) is 10.6. The summed E-state index contributed by atoms with van der Waals surface area (Å²) in [5.41, 5.74) is 0.696. The van der Waals surface area contributed by atoms with Gasteiger partial charge in [0.15, 0.2) is 0 Å². The van der Waals surface area contributed by atoms with E-state index in [1.54, 1.807) is 27.7 Å². The van der Waals surface area contributed by atoms with Crippen LogP contribution in [-0.2, 0) is 14.8 Å². The molecule has 0 aromatic heterocycles. The number of hydrogen-bond donors (Lipinski definition) is 3. The highest BCUT2D eigenvalue weighted by Crippen LogP contribution is 2.16. The highest BCUT2D eigenvalue weighted by molar-refractivity contribution is 7.89. The van der Waals surface area contributed by atoms with Gasteiger partial charge in [-0.05, 0) is 30.5 Å². The number of benzene rings is 1. The summed E-state index contributed by atoms with van der Waals surface area (Å²) in [6.45, 7) is 6.89. The fourth-order valence-corrected chi connectivity index (χ4v) is 3.09. The Balaban J connectivity index is 3.17. The van der Waals surface area contributed by atoms with Crippen LogP contribution in [0.3, 0.4) is 0 Å². The van der Waals surface area contributed by atoms with Crippen LogP contribution in [0.2, 0.25) is 0 Å². The number of carbonyl (C=O) groups excluding carboxylic acids is 1. The van der Waals surface area contributed by atoms with E-state index in [-0.39, 0.29) is 22.9 Å². The second kappa shape index (κ2) is 7.56. The average Bonchev–Trinajstić information content (AvgIpc) is 2.43. The van der Waals surface area contributed by atoms with Crippen molar-refractivity contribution in [2.24, 2.45) is 5.92 Å². The fourth-order valence-electron chi connectivity index (χ4n) is 2.02. The number of aliphatic carboxylic acids is 1. The van der Waals surface area contributed by atoms with E-state index in [1.807, 2.05) is 0 Å². The van der Waals surface area contributed by atoms with Crippen molar-refractivity contribution < 1.29 is 23.1 Å². The lowest BCUT2D eigenvalue weighted by molar-refractivity contribution is -0.140. The van der Waals surface area contributed by atoms with Gasteiger partial charge in [-0.2, -0.15) is 0 Å². The molecule has 0 heterocycles. The molecule has 1 atom stereocenters. The Morgan fingerprint density at radius 3 is 2.35 bits per heavy atom. The monoisotopic (exact) mass is 342 g/mol. The predicted octanol–water partition coefficient (Wildman–Crippen LogP) is 1.13. The molecular weight excluding hydrogens is 320 g/mol. The minimum Gasteiger partial charge on any atom is -0.480 e. The summed E-state index contributed by atoms with van der Waals surface area (Å²) in [6, 6.07) is 3.13. The van der Waals surface area contributed by atoms with Gasteiger partial charge in [0.1, 0.15) is 6.04 Å². The third-order valence-electron chi connectivity index (χ3n) is 3.32. The molecule has 0 unspecified atom stereocenters. The summed E-state index contributed by atoms with van der Waals surface area (Å²) < 4.78 is 26.4. The van der Waals surface area contributed by atoms with E-state index in [9.17, 15) is 18.0 Å². The zero-order chi connectivity index (χ0) is 17.8. The van der Waals surface area contributed by atoms with Gasteiger partial charge in [-0.25, -0.2) is 17.9 Å². The van der Waals surface area contributed by atoms with Crippen molar-refractivity contribution in [1.29, 1.82) is 0 Å². The van der Waals surface area contributed by atoms with Gasteiger partial charge in [0, 0.05) is 12.1 Å². The predicted molar refractivity (Wildman–Crippen MR) is 85.8 cm³/mol. The molecule has 0 saturated carbocycles. The molecule has 0 aliphatic rings. The molecule has 1 aromatic carbocycles. The van der Waals surface area contributed by atoms with Crippen LogP contribution in [0, 0.1) is 12.8 Å². The number of carbonyl (C=O) groups is 2. The quantitative estimate of drug-likeness (QED) is 0.687. The zero-order valence-electron chi connectivity index (χ0n) is 13.6. The summed E-state index contributed by atoms with van der Waals surface area (Å²) in [6.07, 6.45) is 0. The third-order valence-corrected chi connectivity index (χ3v) is 4.86. The highest BCUT2D eigenvalue weighted by atomic mass is 32.2. The van der Waals surface area contributed by atoms with Crippen molar-refractivity contribution >= 4 is 21.9 Å². The summed E-state index contributed by atoms with van der Waals surface area (Å²) in [7, 11) is -3.69. The first-order valence-corrected chi connectivity index (χ1v) is 8.72. The molecule has 0 fully saturated rings. The van der Waals surface area contributed by atoms with E-state index in [4.69, 9.17) is 5.11 Å². The first-order valence-electron chi connectivity index (χ1n) is 7.24. The molecule has 0 aliphatic heterocycles. The smallest absolute Gasteiger partial charge is 0.326 e. The number of rotatable bonds is 7. The fraction of sp³-hybridized carbons (Fsp3) is 0.467. The van der Waals surface area contributed by atoms with Gasteiger partial charge in [-0.15, -0.1) is 0 Å². The Labute approximate surface area is 136 Å². The number of aryl methyl sites for hydroxylation is 1. The van der Waals surface area contributed by atoms with Crippen LogP contribution >= 0.6 is 0 Å². The van der Waals surface area contributed by atoms with Crippen LogP contribution < -0.4 is 10.0 Å². The number of amides is 1. The van der Waals surface area contributed by atoms with E-state index in [1.165, 1.54) is 18.2 Å². The molecule has 0 spiro atoms. The number of hydrogen-bond acceptors (Lipinski definition) is 4. The number of carboxylic acids is 1. The van der Waals surface area contributed by atoms with Gasteiger partial charge in [0.25, 0.3) is 5.91 Å². The van der Waals surface area contributed by atoms with Crippen LogP contribution in [0.15, 0.2) is 23.1 Å². The minimum atomic E-state index is -3.69. The molecule has 128 valence electrons. The molecule has 0 saturated heterocycles. The number of carboxylic acid groups (broad SMARTS) is 1. The zero-order valence-corrected chi connectivity index (χ0v) is 14.4. The lowest BCUT2D eigenvalue weighted by atomic mass is 10.0. The Morgan fingerprint density at radius 2 is 1.87 bits per heavy atom. The average molecular weight is 342 g/mol. The van der Waals surface area contributed by atoms with E-state index in [2.05, 4.69) is 10.0 Å². The molecule has 1 rings (SSSR count). The van der Waals surface area contributed by atoms with Gasteiger partial charge in [0.2, 0.25) is 10.0 Å². The van der Waals surface area contributed by atoms with Crippen LogP contribution in [0.25, 0.3) is 0 Å². The molecular formula is C15H22N2O5S. The Morgan fingerprint density at radius 1 is 1.26 bits per heavy atom. The van der Waals surface area contributed by atoms with Crippen molar-refractivity contribution in [1.82, 2.24) is 10.0 Å². The van der Waals surface area contributed by atoms with Gasteiger partial charge in [-0.3, -0.25) is 4.79 Å². The molecule has 1 aromatic rings. The van der Waals surface area contributed by atoms with E-state index >= 15 is 0 Å². The second-order valence-electron chi connectivity index (χ2n) is 5.51. The lowest BCUT2D eigenvalue weighted by Crippen LogP contribution is -2.44. The number of sulfonamides is 1. The number of nitrogens with one attached hydrogen (secondary N) is 2. The summed E-state index contributed by atoms with van der Waals surface area (Å²) in [4.78, 5) is 23.5. The van der Waals surface area contributed by atoms with Gasteiger partial charge >= 0.3 is 5.97 Å². The van der Waals surface area contributed by atoms with Crippen LogP contribution in [0.5, 0.6) is 0 Å². The van der Waals surface area contributed by atoms with Crippen LogP contribution in [-0.4, -0.2) is 38.0 Å². The summed E-state index contributed by atoms with van der Waals surface area (Å²) >= 11 is 0. The molecule has 0 bridgehead atoms. The van der Waals surface area contributed by atoms with E-state index in [0.717, 1.165) is 0 Å². The normalized spacial score (nSPS) is 12.9. The molecule has 7 nitrogen and oxygen atoms in total. The Bertz CT molecular complexity index is 698. The molecule has 3 N–H and O–H groups in total. The molecule has 23 heavy (non-hydrogen) atoms. The maximum Gasteiger partial charge on any atom is 0.326 e. The van der Waals surface area contributed by atoms with Gasteiger partial charge < -0.3 is 10.4 Å². The second-order valence-corrected chi connectivity index (χ2v) is 7.28. The summed E-state index contributed by atoms with van der Waals surface area (Å²) in [5.74, 6) is -2.05. The minimum absolute atomic E-state index is 0.0356. The van der Waals surface area contributed by atoms with E-state index < -0.39 is 27.9 Å². The van der Waals surface area contributed by atoms with Gasteiger partial charge in [-0.1, -0.05) is 26.8 Å². The topological polar surface area (TPSA) is 113 Å². The molecule has 1 amide bonds. The SMILES string of the molecule is CCNS(=O)(=O)c1ccc(C)c(C(=O)N[C@@H](C(=O)O)C(C)C)c1. The van der Waals surface area contributed by atoms with Gasteiger partial charge in [0.05, 0.1) is 4.90 Å². The maximum atomic E-state index is 12.3. The van der Waals surface area contributed by atoms with Crippen molar-refractivity contribution in [2.45, 2.75) is 38.6 Å². The molecule has 8 heteroatoms. The summed E-state index contributed by atoms with van der Waals surface area (Å²) in [5, 5.41) is 11.6. The molecule has 0 radical (unpaired) electrons. The third kappa shape index (κ3) is 4.77. The maximum absolute atomic E-state index is 12.3. The van der Waals surface area contributed by atoms with Crippen molar-refractivity contribution in [2.75, 3.05) is 6.54 Å². The molecule has 0 aliphatic carbocycles. The lowest BCUT2D eigenvalue weighted by Gasteiger charge is -2.19. The van der Waals surface area contributed by atoms with Crippen molar-refractivity contribution in [3.8, 4) is 0 Å². The highest BCUT2D eigenvalue weighted by Gasteiger charge is 2.25. The first kappa shape index (κ1) is 19.1. The Kier molecular flexibility index (Phi) is 6.28. The van der Waals surface area contributed by atoms with Crippen LogP contribution in [0.4, 0.5) is 0 Å². The van der Waals surface area contributed by atoms with E-state index in [0.29, 0.717) is 5.56 Å². The Hall–Kier alpha value is -1.93. The van der Waals surface area contributed by atoms with Crippen molar-refractivity contribution in [3.05, 3.63) is 29.3 Å².